The maximum atomic E-state index is 10.7. The summed E-state index contributed by atoms with van der Waals surface area (Å²) >= 11 is 0. The molecule has 1 unspecified atom stereocenters. The normalized spacial score (nSPS) is 15.1. The molecule has 104 valence electrons. The van der Waals surface area contributed by atoms with Gasteiger partial charge in [-0.3, -0.25) is 9.63 Å². The number of esters is 1. The van der Waals surface area contributed by atoms with Crippen molar-refractivity contribution in [3.05, 3.63) is 24.8 Å². The average Bonchev–Trinajstić information content (AvgIpc) is 3.10. The first-order valence-electron chi connectivity index (χ1n) is 4.90. The molecule has 6 nitrogen and oxygen atoms in total. The van der Waals surface area contributed by atoms with Crippen molar-refractivity contribution in [3.63, 3.8) is 0 Å². The van der Waals surface area contributed by atoms with Gasteiger partial charge >= 0.3 is 5.97 Å². The van der Waals surface area contributed by atoms with Crippen molar-refractivity contribution >= 4 is 11.9 Å². The third-order valence-electron chi connectivity index (χ3n) is 1.54. The fraction of sp³-hybridized carbons (Fsp3) is 0.500. The number of ether oxygens (including phenoxy) is 2. The van der Waals surface area contributed by atoms with Gasteiger partial charge in [-0.1, -0.05) is 20.6 Å². The van der Waals surface area contributed by atoms with Gasteiger partial charge in [-0.15, -0.1) is 0 Å². The number of nitrogens with one attached hydrogen (secondary N) is 1. The Bertz CT molecular complexity index is 297. The predicted octanol–water partition coefficient (Wildman–Crippen LogP) is 0.991. The minimum atomic E-state index is -0.337. The van der Waals surface area contributed by atoms with E-state index in [0.29, 0.717) is 18.8 Å². The van der Waals surface area contributed by atoms with Crippen LogP contribution in [-0.4, -0.2) is 38.3 Å². The highest BCUT2D eigenvalue weighted by atomic mass is 16.6. The van der Waals surface area contributed by atoms with Crippen molar-refractivity contribution in [2.75, 3.05) is 20.3 Å². The lowest BCUT2D eigenvalue weighted by Gasteiger charge is -1.99. The zero-order chi connectivity index (χ0) is 13.3. The molecule has 1 rings (SSSR count). The van der Waals surface area contributed by atoms with E-state index in [1.165, 1.54) is 7.11 Å². The zero-order valence-corrected chi connectivity index (χ0v) is 10.0. The molecule has 1 saturated heterocycles. The van der Waals surface area contributed by atoms with E-state index in [-0.39, 0.29) is 25.4 Å². The first-order chi connectivity index (χ1) is 8.01. The van der Waals surface area contributed by atoms with Gasteiger partial charge < -0.3 is 9.47 Å². The maximum Gasteiger partial charge on any atom is 0.333 e. The van der Waals surface area contributed by atoms with E-state index in [1.807, 2.05) is 5.48 Å². The van der Waals surface area contributed by atoms with Crippen molar-refractivity contribution < 1.29 is 23.9 Å². The monoisotopic (exact) mass is 259 g/mol. The Morgan fingerprint density at radius 2 is 2.11 bits per heavy atom. The van der Waals surface area contributed by atoms with E-state index < -0.39 is 0 Å². The Morgan fingerprint density at radius 1 is 1.56 bits per heavy atom. The van der Waals surface area contributed by atoms with Gasteiger partial charge in [0.1, 0.15) is 12.7 Å². The largest absolute Gasteiger partial charge is 0.459 e. The molecule has 1 heterocycles. The van der Waals surface area contributed by atoms with E-state index in [1.54, 1.807) is 6.92 Å². The van der Waals surface area contributed by atoms with Crippen LogP contribution in [0.4, 0.5) is 0 Å². The first kappa shape index (κ1) is 18.7. The Balaban J connectivity index is 0. The number of rotatable bonds is 5. The fourth-order valence-electron chi connectivity index (χ4n) is 0.598. The summed E-state index contributed by atoms with van der Waals surface area (Å²) in [5.41, 5.74) is 2.47. The molecule has 0 saturated carbocycles. The second kappa shape index (κ2) is 10.5. The smallest absolute Gasteiger partial charge is 0.333 e. The molecule has 1 fully saturated rings. The molecule has 1 aliphatic rings. The van der Waals surface area contributed by atoms with Crippen LogP contribution in [0.1, 0.15) is 14.4 Å². The second-order valence-corrected chi connectivity index (χ2v) is 3.21. The van der Waals surface area contributed by atoms with Crippen LogP contribution < -0.4 is 5.48 Å². The van der Waals surface area contributed by atoms with Crippen LogP contribution in [0.25, 0.3) is 0 Å². The van der Waals surface area contributed by atoms with E-state index in [9.17, 15) is 9.59 Å². The molecule has 0 aliphatic carbocycles. The lowest BCUT2D eigenvalue weighted by molar-refractivity contribution is -0.139. The highest BCUT2D eigenvalue weighted by Crippen LogP contribution is 2.09. The van der Waals surface area contributed by atoms with Crippen LogP contribution in [0.5, 0.6) is 0 Å². The predicted molar refractivity (Wildman–Crippen MR) is 67.6 cm³/mol. The highest BCUT2D eigenvalue weighted by Gasteiger charge is 2.24. The van der Waals surface area contributed by atoms with Crippen LogP contribution in [-0.2, 0) is 23.9 Å². The van der Waals surface area contributed by atoms with E-state index in [4.69, 9.17) is 9.47 Å². The van der Waals surface area contributed by atoms with Crippen LogP contribution in [0.15, 0.2) is 24.8 Å². The molecule has 18 heavy (non-hydrogen) atoms. The molecular weight excluding hydrogens is 238 g/mol. The van der Waals surface area contributed by atoms with Gasteiger partial charge in [-0.25, -0.2) is 10.3 Å². The molecule has 1 amide bonds. The minimum absolute atomic E-state index is 0. The third kappa shape index (κ3) is 10.8. The molecule has 6 heteroatoms. The van der Waals surface area contributed by atoms with Crippen LogP contribution in [0.2, 0.25) is 0 Å². The number of hydroxylamine groups is 1. The molecule has 0 aromatic heterocycles. The lowest BCUT2D eigenvalue weighted by Crippen LogP contribution is -2.18. The number of epoxide rings is 1. The molecule has 1 atom stereocenters. The number of amides is 1. The second-order valence-electron chi connectivity index (χ2n) is 3.21. The Hall–Kier alpha value is -1.66. The van der Waals surface area contributed by atoms with Crippen molar-refractivity contribution in [2.24, 2.45) is 0 Å². The molecule has 0 radical (unpaired) electrons. The molecule has 0 spiro atoms. The van der Waals surface area contributed by atoms with Gasteiger partial charge in [-0.2, -0.15) is 0 Å². The van der Waals surface area contributed by atoms with E-state index in [0.717, 1.165) is 6.08 Å². The maximum absolute atomic E-state index is 10.7. The van der Waals surface area contributed by atoms with Crippen molar-refractivity contribution in [1.82, 2.24) is 5.48 Å². The van der Waals surface area contributed by atoms with E-state index in [2.05, 4.69) is 18.0 Å². The van der Waals surface area contributed by atoms with Gasteiger partial charge in [0.15, 0.2) is 0 Å². The molecule has 0 bridgehead atoms. The molecular formula is C12H21NO5. The van der Waals surface area contributed by atoms with Gasteiger partial charge in [0.05, 0.1) is 13.7 Å². The van der Waals surface area contributed by atoms with Crippen LogP contribution in [0, 0.1) is 0 Å². The number of hydrogen-bond acceptors (Lipinski definition) is 5. The van der Waals surface area contributed by atoms with Crippen LogP contribution in [0.3, 0.4) is 0 Å². The summed E-state index contributed by atoms with van der Waals surface area (Å²) in [6.07, 6.45) is 1.27. The molecule has 1 N–H and O–H groups in total. The lowest BCUT2D eigenvalue weighted by atomic mass is 10.4. The molecule has 0 aromatic carbocycles. The molecule has 1 aliphatic heterocycles. The first-order valence-corrected chi connectivity index (χ1v) is 4.90. The number of carbonyl (C=O) groups excluding carboxylic acids is 2. The average molecular weight is 259 g/mol. The van der Waals surface area contributed by atoms with Gasteiger partial charge in [0.2, 0.25) is 0 Å². The summed E-state index contributed by atoms with van der Waals surface area (Å²) < 4.78 is 9.60. The van der Waals surface area contributed by atoms with Gasteiger partial charge in [0, 0.05) is 5.57 Å². The Kier molecular flexibility index (Phi) is 10.9. The summed E-state index contributed by atoms with van der Waals surface area (Å²) in [6.45, 7) is 9.32. The zero-order valence-electron chi connectivity index (χ0n) is 10.0. The summed E-state index contributed by atoms with van der Waals surface area (Å²) in [7, 11) is 1.36. The Morgan fingerprint density at radius 3 is 2.39 bits per heavy atom. The topological polar surface area (TPSA) is 77.2 Å². The summed E-state index contributed by atoms with van der Waals surface area (Å²) in [6, 6.07) is 0. The summed E-state index contributed by atoms with van der Waals surface area (Å²) in [4.78, 5) is 25.0. The number of carbonyl (C=O) groups is 2. The standard InChI is InChI=1S/C7H10O3.C4H7NO2.CH4/c1-5(2)7(8)10-4-6-3-9-6;1-3-4(6)5-7-2;/h6H,1,3-4H2,2H3;3H,1H2,2H3,(H,5,6);1H4. The molecule has 0 aromatic rings. The van der Waals surface area contributed by atoms with E-state index >= 15 is 0 Å². The number of hydrogen-bond donors (Lipinski definition) is 1. The quantitative estimate of drug-likeness (QED) is 0.345. The van der Waals surface area contributed by atoms with Gasteiger partial charge in [0.25, 0.3) is 5.91 Å². The van der Waals surface area contributed by atoms with Crippen LogP contribution >= 0.6 is 0 Å². The van der Waals surface area contributed by atoms with Crippen molar-refractivity contribution in [2.45, 2.75) is 20.5 Å². The minimum Gasteiger partial charge on any atom is -0.459 e. The van der Waals surface area contributed by atoms with Crippen molar-refractivity contribution in [1.29, 1.82) is 0 Å². The SMILES string of the molecule is C.C=C(C)C(=O)OCC1CO1.C=CC(=O)NOC. The fourth-order valence-corrected chi connectivity index (χ4v) is 0.598. The summed E-state index contributed by atoms with van der Waals surface area (Å²) in [5.74, 6) is -0.669. The Labute approximate surface area is 108 Å². The van der Waals surface area contributed by atoms with Crippen molar-refractivity contribution in [3.8, 4) is 0 Å². The summed E-state index contributed by atoms with van der Waals surface area (Å²) in [5, 5.41) is 0. The third-order valence-corrected chi connectivity index (χ3v) is 1.54. The van der Waals surface area contributed by atoms with Gasteiger partial charge in [-0.05, 0) is 13.0 Å². The highest BCUT2D eigenvalue weighted by molar-refractivity contribution is 5.87.